The van der Waals surface area contributed by atoms with Crippen LogP contribution in [0.4, 0.5) is 22.7 Å². The van der Waals surface area contributed by atoms with E-state index in [4.69, 9.17) is 19.4 Å². The zero-order valence-electron chi connectivity index (χ0n) is 20.3. The van der Waals surface area contributed by atoms with Crippen LogP contribution in [0.15, 0.2) is 6.07 Å². The predicted molar refractivity (Wildman–Crippen MR) is 133 cm³/mol. The molecule has 4 heterocycles. The molecule has 2 aliphatic heterocycles. The third kappa shape index (κ3) is 5.99. The summed E-state index contributed by atoms with van der Waals surface area (Å²) in [7, 11) is 1.42. The number of aromatic nitrogens is 3. The Morgan fingerprint density at radius 3 is 2.26 bits per heavy atom. The summed E-state index contributed by atoms with van der Waals surface area (Å²) < 4.78 is 10.0. The lowest BCUT2D eigenvalue weighted by Crippen LogP contribution is -2.38. The van der Waals surface area contributed by atoms with Crippen molar-refractivity contribution in [3.63, 3.8) is 0 Å². The minimum absolute atomic E-state index is 0.0988. The first-order valence-electron chi connectivity index (χ1n) is 11.9. The van der Waals surface area contributed by atoms with Gasteiger partial charge in [0, 0.05) is 32.2 Å². The molecular formula is C23H32N6O5S. The second-order valence-electron chi connectivity index (χ2n) is 8.69. The van der Waals surface area contributed by atoms with Crippen molar-refractivity contribution < 1.29 is 24.2 Å². The Kier molecular flexibility index (Phi) is 8.01. The highest BCUT2D eigenvalue weighted by atomic mass is 32.1. The normalized spacial score (nSPS) is 17.4. The SMILES string of the molecule is CCOC(=O)c1sc(Nc2nc(N3CCC(O)CC3)cc(N3CCC(C(=O)OC)CC3)n2)nc1C. The average molecular weight is 505 g/mol. The summed E-state index contributed by atoms with van der Waals surface area (Å²) >= 11 is 1.20. The van der Waals surface area contributed by atoms with E-state index in [1.807, 2.05) is 6.07 Å². The Labute approximate surface area is 208 Å². The highest BCUT2D eigenvalue weighted by Gasteiger charge is 2.28. The highest BCUT2D eigenvalue weighted by molar-refractivity contribution is 7.17. The molecule has 0 amide bonds. The van der Waals surface area contributed by atoms with Crippen molar-refractivity contribution in [3.8, 4) is 0 Å². The second-order valence-corrected chi connectivity index (χ2v) is 9.69. The van der Waals surface area contributed by atoms with Crippen molar-refractivity contribution in [1.82, 2.24) is 15.0 Å². The number of rotatable bonds is 7. The molecular weight excluding hydrogens is 472 g/mol. The fourth-order valence-corrected chi connectivity index (χ4v) is 5.19. The summed E-state index contributed by atoms with van der Waals surface area (Å²) in [6.07, 6.45) is 2.46. The van der Waals surface area contributed by atoms with Crippen LogP contribution in [-0.2, 0) is 14.3 Å². The van der Waals surface area contributed by atoms with Gasteiger partial charge in [0.1, 0.15) is 16.5 Å². The van der Waals surface area contributed by atoms with Gasteiger partial charge >= 0.3 is 11.9 Å². The van der Waals surface area contributed by atoms with Gasteiger partial charge in [-0.2, -0.15) is 9.97 Å². The van der Waals surface area contributed by atoms with Crippen molar-refractivity contribution in [2.45, 2.75) is 45.6 Å². The highest BCUT2D eigenvalue weighted by Crippen LogP contribution is 2.30. The molecule has 0 aromatic carbocycles. The number of aliphatic hydroxyl groups is 1. The number of nitrogens with one attached hydrogen (secondary N) is 1. The standard InChI is InChI=1S/C23H32N6O5S/c1-4-34-21(32)19-14(2)24-23(35-19)27-22-25-17(28-9-5-15(6-10-28)20(31)33-3)13-18(26-22)29-11-7-16(30)8-12-29/h13,15-16,30H,4-12H2,1-3H3,(H,24,25,26,27). The van der Waals surface area contributed by atoms with E-state index in [-0.39, 0.29) is 18.0 Å². The number of esters is 2. The number of aryl methyl sites for hydroxylation is 1. The maximum atomic E-state index is 12.2. The molecule has 2 N–H and O–H groups in total. The minimum Gasteiger partial charge on any atom is -0.469 e. The summed E-state index contributed by atoms with van der Waals surface area (Å²) in [5, 5.41) is 13.6. The topological polar surface area (TPSA) is 130 Å². The molecule has 2 fully saturated rings. The molecule has 2 aromatic rings. The quantitative estimate of drug-likeness (QED) is 0.539. The second kappa shape index (κ2) is 11.2. The largest absolute Gasteiger partial charge is 0.469 e. The Hall–Kier alpha value is -2.99. The van der Waals surface area contributed by atoms with Crippen molar-refractivity contribution in [2.24, 2.45) is 5.92 Å². The van der Waals surface area contributed by atoms with Crippen molar-refractivity contribution in [1.29, 1.82) is 0 Å². The number of hydrogen-bond acceptors (Lipinski definition) is 12. The molecule has 0 bridgehead atoms. The van der Waals surface area contributed by atoms with Crippen LogP contribution in [0, 0.1) is 12.8 Å². The van der Waals surface area contributed by atoms with Gasteiger partial charge in [-0.05, 0) is 39.5 Å². The maximum absolute atomic E-state index is 12.2. The van der Waals surface area contributed by atoms with E-state index in [1.165, 1.54) is 18.4 Å². The molecule has 2 aliphatic rings. The van der Waals surface area contributed by atoms with E-state index in [0.29, 0.717) is 80.1 Å². The fraction of sp³-hybridized carbons (Fsp3) is 0.609. The van der Waals surface area contributed by atoms with Crippen molar-refractivity contribution >= 4 is 46.0 Å². The van der Waals surface area contributed by atoms with Gasteiger partial charge in [0.25, 0.3) is 0 Å². The predicted octanol–water partition coefficient (Wildman–Crippen LogP) is 2.51. The van der Waals surface area contributed by atoms with Crippen LogP contribution in [0.1, 0.15) is 48.0 Å². The smallest absolute Gasteiger partial charge is 0.350 e. The molecule has 2 saturated heterocycles. The van der Waals surface area contributed by atoms with Crippen LogP contribution in [0.2, 0.25) is 0 Å². The van der Waals surface area contributed by atoms with Crippen LogP contribution < -0.4 is 15.1 Å². The number of aliphatic hydroxyl groups excluding tert-OH is 1. The minimum atomic E-state index is -0.397. The Morgan fingerprint density at radius 2 is 1.69 bits per heavy atom. The van der Waals surface area contributed by atoms with Gasteiger partial charge in [-0.25, -0.2) is 9.78 Å². The zero-order chi connectivity index (χ0) is 24.9. The Morgan fingerprint density at radius 1 is 1.09 bits per heavy atom. The van der Waals surface area contributed by atoms with E-state index >= 15 is 0 Å². The van der Waals surface area contributed by atoms with Crippen LogP contribution in [0.5, 0.6) is 0 Å². The average Bonchev–Trinajstić information content (AvgIpc) is 3.23. The van der Waals surface area contributed by atoms with E-state index in [0.717, 1.165) is 11.6 Å². The van der Waals surface area contributed by atoms with E-state index in [2.05, 4.69) is 20.1 Å². The number of anilines is 4. The van der Waals surface area contributed by atoms with Gasteiger partial charge < -0.3 is 24.4 Å². The summed E-state index contributed by atoms with van der Waals surface area (Å²) in [5.41, 5.74) is 0.585. The first-order chi connectivity index (χ1) is 16.9. The van der Waals surface area contributed by atoms with Gasteiger partial charge in [0.2, 0.25) is 5.95 Å². The van der Waals surface area contributed by atoms with Gasteiger partial charge in [0.15, 0.2) is 5.13 Å². The number of carbonyl (C=O) groups is 2. The third-order valence-electron chi connectivity index (χ3n) is 6.32. The third-order valence-corrected chi connectivity index (χ3v) is 7.37. The fourth-order valence-electron chi connectivity index (χ4n) is 4.34. The summed E-state index contributed by atoms with van der Waals surface area (Å²) in [5.74, 6) is 1.23. The molecule has 0 radical (unpaired) electrons. The first-order valence-corrected chi connectivity index (χ1v) is 12.8. The van der Waals surface area contributed by atoms with Crippen molar-refractivity contribution in [2.75, 3.05) is 55.0 Å². The van der Waals surface area contributed by atoms with Crippen LogP contribution in [0.25, 0.3) is 0 Å². The van der Waals surface area contributed by atoms with E-state index in [1.54, 1.807) is 13.8 Å². The molecule has 12 heteroatoms. The number of methoxy groups -OCH3 is 1. The van der Waals surface area contributed by atoms with Crippen LogP contribution in [-0.4, -0.2) is 78.0 Å². The van der Waals surface area contributed by atoms with E-state index in [9.17, 15) is 14.7 Å². The summed E-state index contributed by atoms with van der Waals surface area (Å²) in [4.78, 5) is 42.8. The van der Waals surface area contributed by atoms with Crippen LogP contribution >= 0.6 is 11.3 Å². The molecule has 35 heavy (non-hydrogen) atoms. The lowest BCUT2D eigenvalue weighted by atomic mass is 9.97. The Bertz CT molecular complexity index is 1050. The number of ether oxygens (including phenoxy) is 2. The van der Waals surface area contributed by atoms with Crippen molar-refractivity contribution in [3.05, 3.63) is 16.6 Å². The molecule has 0 spiro atoms. The number of carbonyl (C=O) groups excluding carboxylic acids is 2. The van der Waals surface area contributed by atoms with Gasteiger partial charge in [-0.1, -0.05) is 11.3 Å². The maximum Gasteiger partial charge on any atom is 0.350 e. The van der Waals surface area contributed by atoms with Gasteiger partial charge in [-0.3, -0.25) is 10.1 Å². The summed E-state index contributed by atoms with van der Waals surface area (Å²) in [6.45, 7) is 6.58. The first kappa shape index (κ1) is 25.1. The number of piperidine rings is 2. The molecule has 4 rings (SSSR count). The Balaban J connectivity index is 1.58. The number of hydrogen-bond donors (Lipinski definition) is 2. The lowest BCUT2D eigenvalue weighted by Gasteiger charge is -2.34. The molecule has 0 atom stereocenters. The lowest BCUT2D eigenvalue weighted by molar-refractivity contribution is -0.146. The summed E-state index contributed by atoms with van der Waals surface area (Å²) in [6, 6.07) is 1.96. The molecule has 190 valence electrons. The molecule has 0 aliphatic carbocycles. The van der Waals surface area contributed by atoms with Gasteiger partial charge in [-0.15, -0.1) is 0 Å². The molecule has 2 aromatic heterocycles. The monoisotopic (exact) mass is 504 g/mol. The molecule has 11 nitrogen and oxygen atoms in total. The molecule has 0 saturated carbocycles. The molecule has 0 unspecified atom stereocenters. The number of nitrogens with zero attached hydrogens (tertiary/aromatic N) is 5. The zero-order valence-corrected chi connectivity index (χ0v) is 21.1. The van der Waals surface area contributed by atoms with E-state index < -0.39 is 5.97 Å². The van der Waals surface area contributed by atoms with Gasteiger partial charge in [0.05, 0.1) is 31.4 Å². The number of thiazole rings is 1. The van der Waals surface area contributed by atoms with Crippen LogP contribution in [0.3, 0.4) is 0 Å².